The molecule has 3 aliphatic carbocycles. The Kier molecular flexibility index (Phi) is 7.10. The van der Waals surface area contributed by atoms with Crippen LogP contribution < -0.4 is 5.32 Å². The smallest absolute Gasteiger partial charge is 0.270 e. The number of Topliss-reactive ketones (excluding diaryl/α,β-unsaturated/α-hetero) is 3. The van der Waals surface area contributed by atoms with Gasteiger partial charge in [0.05, 0.1) is 22.2 Å². The van der Waals surface area contributed by atoms with E-state index >= 15 is 0 Å². The molecule has 0 amide bonds. The summed E-state index contributed by atoms with van der Waals surface area (Å²) in [4.78, 5) is 56.5. The largest absolute Gasteiger partial charge is 0.508 e. The summed E-state index contributed by atoms with van der Waals surface area (Å²) < 4.78 is 0. The van der Waals surface area contributed by atoms with E-state index in [2.05, 4.69) is 10.3 Å². The third-order valence-electron chi connectivity index (χ3n) is 8.81. The minimum absolute atomic E-state index is 0.00577. The van der Waals surface area contributed by atoms with Crippen LogP contribution >= 0.6 is 11.3 Å². The lowest BCUT2D eigenvalue weighted by Crippen LogP contribution is -2.65. The number of phenolic OH excluding ortho intramolecular Hbond substituents is 1. The molecule has 6 rings (SSSR count). The maximum atomic E-state index is 14.0. The SMILES string of the molecule is CC(=O)C1=C(O)[C@@]2(O)C(=O)C3=C(O)c4c(O)ccc(Nc5nc(-c6cccc([N+](=O)[O-])c6)cs5)c4C[C@H]3C[C@H]2[C@H](N(C)C)C1=O. The van der Waals surface area contributed by atoms with Crippen LogP contribution in [0.3, 0.4) is 0 Å². The van der Waals surface area contributed by atoms with Gasteiger partial charge in [0.2, 0.25) is 5.78 Å². The molecule has 3 aliphatic rings. The Morgan fingerprint density at radius 1 is 1.18 bits per heavy atom. The number of aliphatic hydroxyl groups is 3. The van der Waals surface area contributed by atoms with Gasteiger partial charge in [0.1, 0.15) is 22.8 Å². The van der Waals surface area contributed by atoms with E-state index in [1.807, 2.05) is 0 Å². The number of anilines is 2. The number of rotatable bonds is 6. The normalized spacial score (nSPS) is 24.3. The predicted octanol–water partition coefficient (Wildman–Crippen LogP) is 3.84. The van der Waals surface area contributed by atoms with Gasteiger partial charge in [-0.1, -0.05) is 12.1 Å². The summed E-state index contributed by atoms with van der Waals surface area (Å²) in [5.41, 5.74) is -1.66. The van der Waals surface area contributed by atoms with Gasteiger partial charge in [-0.3, -0.25) is 29.4 Å². The van der Waals surface area contributed by atoms with Gasteiger partial charge in [0.15, 0.2) is 22.3 Å². The average Bonchev–Trinajstić information content (AvgIpc) is 3.45. The summed E-state index contributed by atoms with van der Waals surface area (Å²) >= 11 is 1.23. The number of nitro groups is 1. The number of aliphatic hydroxyl groups excluding tert-OH is 2. The molecule has 0 bridgehead atoms. The van der Waals surface area contributed by atoms with Crippen molar-refractivity contribution in [3.63, 3.8) is 0 Å². The Balaban J connectivity index is 1.42. The molecular weight excluding hydrogens is 604 g/mol. The van der Waals surface area contributed by atoms with Crippen LogP contribution in [0.25, 0.3) is 17.0 Å². The number of benzene rings is 2. The number of nitro benzene ring substituents is 1. The first-order valence-corrected chi connectivity index (χ1v) is 14.8. The lowest BCUT2D eigenvalue weighted by atomic mass is 9.57. The molecule has 1 aromatic heterocycles. The van der Waals surface area contributed by atoms with Gasteiger partial charge in [0, 0.05) is 40.3 Å². The molecule has 3 aromatic rings. The predicted molar refractivity (Wildman–Crippen MR) is 163 cm³/mol. The second-order valence-electron chi connectivity index (χ2n) is 11.6. The minimum atomic E-state index is -2.64. The summed E-state index contributed by atoms with van der Waals surface area (Å²) in [6, 6.07) is 7.86. The highest BCUT2D eigenvalue weighted by Gasteiger charge is 2.64. The molecule has 0 unspecified atom stereocenters. The van der Waals surface area contributed by atoms with Crippen molar-refractivity contribution in [2.24, 2.45) is 11.8 Å². The van der Waals surface area contributed by atoms with Gasteiger partial charge in [-0.15, -0.1) is 11.3 Å². The van der Waals surface area contributed by atoms with E-state index in [-0.39, 0.29) is 35.4 Å². The maximum absolute atomic E-state index is 14.0. The highest BCUT2D eigenvalue weighted by Crippen LogP contribution is 2.53. The van der Waals surface area contributed by atoms with Gasteiger partial charge >= 0.3 is 0 Å². The number of aromatic nitrogens is 1. The molecule has 0 spiro atoms. The van der Waals surface area contributed by atoms with Crippen LogP contribution in [-0.4, -0.2) is 78.3 Å². The molecule has 0 saturated heterocycles. The highest BCUT2D eigenvalue weighted by atomic mass is 32.1. The number of ketones is 3. The number of hydrogen-bond acceptors (Lipinski definition) is 13. The Morgan fingerprint density at radius 2 is 1.91 bits per heavy atom. The summed E-state index contributed by atoms with van der Waals surface area (Å²) in [5.74, 6) is -6.33. The van der Waals surface area contributed by atoms with E-state index in [1.54, 1.807) is 37.7 Å². The number of aromatic hydroxyl groups is 1. The van der Waals surface area contributed by atoms with E-state index in [4.69, 9.17) is 0 Å². The van der Waals surface area contributed by atoms with E-state index in [1.165, 1.54) is 34.4 Å². The molecule has 13 nitrogen and oxygen atoms in total. The number of likely N-dealkylation sites (N-methyl/N-ethyl adjacent to an activating group) is 1. The fourth-order valence-corrected chi connectivity index (χ4v) is 7.55. The first kappa shape index (κ1) is 30.1. The zero-order chi connectivity index (χ0) is 32.5. The monoisotopic (exact) mass is 632 g/mol. The highest BCUT2D eigenvalue weighted by molar-refractivity contribution is 7.14. The van der Waals surface area contributed by atoms with Crippen molar-refractivity contribution in [1.29, 1.82) is 0 Å². The molecule has 45 heavy (non-hydrogen) atoms. The molecule has 4 atom stereocenters. The van der Waals surface area contributed by atoms with E-state index < -0.39 is 62.8 Å². The van der Waals surface area contributed by atoms with Crippen molar-refractivity contribution < 1.29 is 39.7 Å². The molecule has 0 aliphatic heterocycles. The number of thiazole rings is 1. The average molecular weight is 633 g/mol. The minimum Gasteiger partial charge on any atom is -0.508 e. The number of carbonyl (C=O) groups is 3. The van der Waals surface area contributed by atoms with Crippen LogP contribution in [0.1, 0.15) is 24.5 Å². The molecule has 1 fully saturated rings. The van der Waals surface area contributed by atoms with Crippen LogP contribution in [0.4, 0.5) is 16.5 Å². The van der Waals surface area contributed by atoms with Crippen molar-refractivity contribution in [3.8, 4) is 17.0 Å². The van der Waals surface area contributed by atoms with Crippen LogP contribution in [0, 0.1) is 22.0 Å². The molecule has 1 heterocycles. The first-order chi connectivity index (χ1) is 21.2. The zero-order valence-corrected chi connectivity index (χ0v) is 25.1. The Hall–Kier alpha value is -4.92. The number of fused-ring (bicyclic) bond motifs is 3. The standard InChI is InChI=1S/C31H28N4O9S/c1-13(36)22-27(39)25(34(2)3)18-11-15-10-17-19(32-30-33-20(12-45-30)14-5-4-6-16(9-14)35(43)44)7-8-21(37)24(17)26(38)23(15)29(41)31(18,42)28(22)40/h4-9,12,15,18,25,37-38,40,42H,10-11H2,1-3H3,(H,32,33)/t15-,18-,25-,31+/m0/s1. The Labute approximate surface area is 259 Å². The maximum Gasteiger partial charge on any atom is 0.270 e. The van der Waals surface area contributed by atoms with Gasteiger partial charge in [-0.2, -0.15) is 0 Å². The molecule has 0 radical (unpaired) electrons. The molecule has 1 saturated carbocycles. The van der Waals surface area contributed by atoms with Crippen LogP contribution in [-0.2, 0) is 20.8 Å². The van der Waals surface area contributed by atoms with Crippen molar-refractivity contribution in [3.05, 3.63) is 79.9 Å². The van der Waals surface area contributed by atoms with Gasteiger partial charge < -0.3 is 25.7 Å². The van der Waals surface area contributed by atoms with Gasteiger partial charge in [-0.25, -0.2) is 4.98 Å². The van der Waals surface area contributed by atoms with Gasteiger partial charge in [-0.05, 0) is 57.5 Å². The van der Waals surface area contributed by atoms with Crippen LogP contribution in [0.5, 0.6) is 5.75 Å². The summed E-state index contributed by atoms with van der Waals surface area (Å²) in [7, 11) is 3.14. The molecule has 2 aromatic carbocycles. The molecule has 232 valence electrons. The lowest BCUT2D eigenvalue weighted by Gasteiger charge is -2.50. The van der Waals surface area contributed by atoms with Crippen molar-refractivity contribution >= 4 is 51.0 Å². The number of carbonyl (C=O) groups excluding carboxylic acids is 3. The first-order valence-electron chi connectivity index (χ1n) is 13.9. The van der Waals surface area contributed by atoms with E-state index in [9.17, 15) is 44.9 Å². The second kappa shape index (κ2) is 10.6. The zero-order valence-electron chi connectivity index (χ0n) is 24.3. The molecule has 5 N–H and O–H groups in total. The summed E-state index contributed by atoms with van der Waals surface area (Å²) in [5, 5.41) is 61.7. The number of nitrogens with zero attached hydrogens (tertiary/aromatic N) is 3. The fraction of sp³-hybridized carbons (Fsp3) is 0.290. The number of hydrogen-bond donors (Lipinski definition) is 5. The molecule has 14 heteroatoms. The number of nitrogens with one attached hydrogen (secondary N) is 1. The van der Waals surface area contributed by atoms with Crippen LogP contribution in [0.15, 0.2) is 58.7 Å². The van der Waals surface area contributed by atoms with Crippen molar-refractivity contribution in [2.75, 3.05) is 19.4 Å². The Bertz CT molecular complexity index is 1890. The third kappa shape index (κ3) is 4.52. The van der Waals surface area contributed by atoms with Crippen molar-refractivity contribution in [2.45, 2.75) is 31.4 Å². The molecular formula is C31H28N4O9S. The Morgan fingerprint density at radius 3 is 2.58 bits per heavy atom. The van der Waals surface area contributed by atoms with Crippen LogP contribution in [0.2, 0.25) is 0 Å². The number of non-ortho nitro benzene ring substituents is 1. The quantitative estimate of drug-likeness (QED) is 0.114. The van der Waals surface area contributed by atoms with Crippen molar-refractivity contribution in [1.82, 2.24) is 9.88 Å². The summed E-state index contributed by atoms with van der Waals surface area (Å²) in [6.07, 6.45) is 0.111. The third-order valence-corrected chi connectivity index (χ3v) is 9.57. The number of phenols is 1. The van der Waals surface area contributed by atoms with E-state index in [0.29, 0.717) is 27.6 Å². The van der Waals surface area contributed by atoms with E-state index in [0.717, 1.165) is 6.92 Å². The fourth-order valence-electron chi connectivity index (χ4n) is 6.82. The topological polar surface area (TPSA) is 203 Å². The lowest BCUT2D eigenvalue weighted by molar-refractivity contribution is -0.384. The summed E-state index contributed by atoms with van der Waals surface area (Å²) in [6.45, 7) is 1.06. The second-order valence-corrected chi connectivity index (χ2v) is 12.5. The van der Waals surface area contributed by atoms with Gasteiger partial charge in [0.25, 0.3) is 5.69 Å².